The van der Waals surface area contributed by atoms with Gasteiger partial charge in [-0.15, -0.1) is 6.58 Å². The van der Waals surface area contributed by atoms with Crippen LogP contribution < -0.4 is 0 Å². The maximum Gasteiger partial charge on any atom is 0.417 e. The number of hydrogen-bond acceptors (Lipinski definition) is 3. The molecule has 1 aliphatic heterocycles. The van der Waals surface area contributed by atoms with Gasteiger partial charge in [-0.05, 0) is 44.2 Å². The Morgan fingerprint density at radius 2 is 1.68 bits per heavy atom. The molecule has 4 nitrogen and oxygen atoms in total. The molecule has 1 fully saturated rings. The monoisotopic (exact) mass is 377 g/mol. The van der Waals surface area contributed by atoms with E-state index in [4.69, 9.17) is 4.74 Å². The highest BCUT2D eigenvalue weighted by Gasteiger charge is 2.51. The zero-order chi connectivity index (χ0) is 20.1. The molecule has 0 radical (unpaired) electrons. The van der Waals surface area contributed by atoms with Crippen LogP contribution in [0, 0.1) is 5.92 Å². The minimum absolute atomic E-state index is 0.194. The fourth-order valence-electron chi connectivity index (χ4n) is 3.77. The van der Waals surface area contributed by atoms with E-state index in [1.807, 2.05) is 74.5 Å². The van der Waals surface area contributed by atoms with E-state index in [9.17, 15) is 9.59 Å². The third-order valence-electron chi connectivity index (χ3n) is 5.30. The van der Waals surface area contributed by atoms with Crippen LogP contribution in [0.3, 0.4) is 0 Å². The summed E-state index contributed by atoms with van der Waals surface area (Å²) < 4.78 is 5.59. The predicted molar refractivity (Wildman–Crippen MR) is 110 cm³/mol. The molecule has 0 aliphatic carbocycles. The molecule has 0 N–H and O–H groups in total. The average molecular weight is 377 g/mol. The third-order valence-corrected chi connectivity index (χ3v) is 5.30. The summed E-state index contributed by atoms with van der Waals surface area (Å²) in [5, 5.41) is 0. The van der Waals surface area contributed by atoms with Crippen LogP contribution in [0.2, 0.25) is 0 Å². The molecule has 4 heteroatoms. The Balaban J connectivity index is 1.86. The van der Waals surface area contributed by atoms with Gasteiger partial charge in [-0.2, -0.15) is 0 Å². The van der Waals surface area contributed by atoms with Crippen molar-refractivity contribution < 1.29 is 14.3 Å². The van der Waals surface area contributed by atoms with Crippen molar-refractivity contribution >= 4 is 12.0 Å². The molecule has 1 heterocycles. The Morgan fingerprint density at radius 3 is 2.25 bits per heavy atom. The van der Waals surface area contributed by atoms with Crippen LogP contribution in [-0.2, 0) is 22.4 Å². The zero-order valence-corrected chi connectivity index (χ0v) is 16.5. The van der Waals surface area contributed by atoms with Gasteiger partial charge in [0, 0.05) is 5.92 Å². The van der Waals surface area contributed by atoms with E-state index in [0.717, 1.165) is 11.1 Å². The molecule has 2 atom stereocenters. The second kappa shape index (κ2) is 8.42. The first-order chi connectivity index (χ1) is 13.4. The average Bonchev–Trinajstić information content (AvgIpc) is 2.90. The number of benzene rings is 2. The molecule has 0 saturated carbocycles. The lowest BCUT2D eigenvalue weighted by molar-refractivity contribution is -0.133. The van der Waals surface area contributed by atoms with Gasteiger partial charge in [0.25, 0.3) is 0 Å². The molecule has 3 rings (SSSR count). The van der Waals surface area contributed by atoms with Gasteiger partial charge in [-0.1, -0.05) is 66.7 Å². The van der Waals surface area contributed by atoms with Gasteiger partial charge in [0.05, 0.1) is 6.04 Å². The summed E-state index contributed by atoms with van der Waals surface area (Å²) in [6, 6.07) is 19.4. The summed E-state index contributed by atoms with van der Waals surface area (Å²) in [5.41, 5.74) is 1.39. The van der Waals surface area contributed by atoms with Crippen molar-refractivity contribution in [2.24, 2.45) is 5.92 Å². The fourth-order valence-corrected chi connectivity index (χ4v) is 3.77. The number of carbonyl (C=O) groups excluding carboxylic acids is 2. The molecule has 0 unspecified atom stereocenters. The highest BCUT2D eigenvalue weighted by molar-refractivity contribution is 5.95. The van der Waals surface area contributed by atoms with Crippen LogP contribution >= 0.6 is 0 Å². The number of allylic oxidation sites excluding steroid dienone is 1. The summed E-state index contributed by atoms with van der Waals surface area (Å²) in [6.07, 6.45) is 2.82. The number of ether oxygens (including phenoxy) is 1. The van der Waals surface area contributed by atoms with E-state index in [1.54, 1.807) is 6.08 Å². The van der Waals surface area contributed by atoms with Crippen LogP contribution in [0.1, 0.15) is 31.4 Å². The fraction of sp³-hybridized carbons (Fsp3) is 0.333. The number of nitrogens with zero attached hydrogens (tertiary/aromatic N) is 1. The van der Waals surface area contributed by atoms with Crippen molar-refractivity contribution in [1.82, 2.24) is 4.90 Å². The smallest absolute Gasteiger partial charge is 0.417 e. The van der Waals surface area contributed by atoms with E-state index in [2.05, 4.69) is 6.58 Å². The predicted octanol–water partition coefficient (Wildman–Crippen LogP) is 4.79. The van der Waals surface area contributed by atoms with Crippen molar-refractivity contribution in [2.75, 3.05) is 0 Å². The van der Waals surface area contributed by atoms with Crippen LogP contribution in [0.25, 0.3) is 0 Å². The van der Waals surface area contributed by atoms with Crippen LogP contribution in [0.15, 0.2) is 73.3 Å². The quantitative estimate of drug-likeness (QED) is 0.652. The largest absolute Gasteiger partial charge is 0.441 e. The van der Waals surface area contributed by atoms with Gasteiger partial charge in [0.15, 0.2) is 0 Å². The van der Waals surface area contributed by atoms with Gasteiger partial charge in [0.2, 0.25) is 5.91 Å². The lowest BCUT2D eigenvalue weighted by Crippen LogP contribution is -2.48. The van der Waals surface area contributed by atoms with Gasteiger partial charge < -0.3 is 4.74 Å². The Labute approximate surface area is 166 Å². The summed E-state index contributed by atoms with van der Waals surface area (Å²) in [4.78, 5) is 27.4. The number of amides is 2. The molecule has 2 aromatic rings. The summed E-state index contributed by atoms with van der Waals surface area (Å²) in [7, 11) is 0. The SMILES string of the molecule is C=CC[C@@H](Cc1ccccc1)C(=O)N1C(=O)OC(C)(C)[C@@H]1Cc1ccccc1. The maximum absolute atomic E-state index is 13.4. The van der Waals surface area contributed by atoms with Crippen LogP contribution in [-0.4, -0.2) is 28.5 Å². The normalized spacial score (nSPS) is 19.1. The number of rotatable bonds is 7. The molecule has 0 aromatic heterocycles. The lowest BCUT2D eigenvalue weighted by atomic mass is 9.89. The molecule has 2 aromatic carbocycles. The standard InChI is InChI=1S/C24H27NO3/c1-4-11-20(16-18-12-7-5-8-13-18)22(26)25-21(24(2,3)28-23(25)27)17-19-14-9-6-10-15-19/h4-10,12-15,20-21H,1,11,16-17H2,2-3H3/t20-,21-/m0/s1. The lowest BCUT2D eigenvalue weighted by Gasteiger charge is -2.30. The first kappa shape index (κ1) is 19.9. The summed E-state index contributed by atoms with van der Waals surface area (Å²) in [6.45, 7) is 7.53. The zero-order valence-electron chi connectivity index (χ0n) is 16.5. The summed E-state index contributed by atoms with van der Waals surface area (Å²) in [5.74, 6) is -0.542. The summed E-state index contributed by atoms with van der Waals surface area (Å²) >= 11 is 0. The van der Waals surface area contributed by atoms with E-state index in [-0.39, 0.29) is 17.9 Å². The Kier molecular flexibility index (Phi) is 5.98. The van der Waals surface area contributed by atoms with Crippen LogP contribution in [0.4, 0.5) is 4.79 Å². The highest BCUT2D eigenvalue weighted by atomic mass is 16.6. The number of carbonyl (C=O) groups is 2. The number of cyclic esters (lactones) is 1. The van der Waals surface area contributed by atoms with E-state index in [1.165, 1.54) is 4.90 Å². The van der Waals surface area contributed by atoms with Gasteiger partial charge in [-0.3, -0.25) is 4.79 Å². The van der Waals surface area contributed by atoms with Gasteiger partial charge in [0.1, 0.15) is 5.60 Å². The van der Waals surface area contributed by atoms with Crippen molar-refractivity contribution in [3.8, 4) is 0 Å². The van der Waals surface area contributed by atoms with Crippen LogP contribution in [0.5, 0.6) is 0 Å². The van der Waals surface area contributed by atoms with Gasteiger partial charge >= 0.3 is 6.09 Å². The molecule has 28 heavy (non-hydrogen) atoms. The minimum Gasteiger partial charge on any atom is -0.441 e. The third kappa shape index (κ3) is 4.33. The van der Waals surface area contributed by atoms with E-state index in [0.29, 0.717) is 19.3 Å². The first-order valence-corrected chi connectivity index (χ1v) is 9.67. The maximum atomic E-state index is 13.4. The molecular formula is C24H27NO3. The Bertz CT molecular complexity index is 829. The molecule has 0 spiro atoms. The molecule has 0 bridgehead atoms. The number of imide groups is 1. The molecule has 146 valence electrons. The van der Waals surface area contributed by atoms with E-state index >= 15 is 0 Å². The van der Waals surface area contributed by atoms with Crippen molar-refractivity contribution in [2.45, 2.75) is 44.8 Å². The molecule has 1 saturated heterocycles. The van der Waals surface area contributed by atoms with Crippen molar-refractivity contribution in [3.63, 3.8) is 0 Å². The van der Waals surface area contributed by atoms with Crippen molar-refractivity contribution in [1.29, 1.82) is 0 Å². The second-order valence-electron chi connectivity index (χ2n) is 7.80. The number of hydrogen-bond donors (Lipinski definition) is 0. The molecular weight excluding hydrogens is 350 g/mol. The molecule has 1 aliphatic rings. The van der Waals surface area contributed by atoms with Gasteiger partial charge in [-0.25, -0.2) is 9.69 Å². The topological polar surface area (TPSA) is 46.6 Å². The highest BCUT2D eigenvalue weighted by Crippen LogP contribution is 2.34. The van der Waals surface area contributed by atoms with Crippen molar-refractivity contribution in [3.05, 3.63) is 84.4 Å². The molecule has 2 amide bonds. The first-order valence-electron chi connectivity index (χ1n) is 9.67. The Morgan fingerprint density at radius 1 is 1.11 bits per heavy atom. The van der Waals surface area contributed by atoms with E-state index < -0.39 is 11.7 Å². The Hall–Kier alpha value is -2.88. The second-order valence-corrected chi connectivity index (χ2v) is 7.80. The minimum atomic E-state index is -0.742.